The third kappa shape index (κ3) is 6.64. The van der Waals surface area contributed by atoms with Gasteiger partial charge >= 0.3 is 12.1 Å². The number of aryl methyl sites for hydroxylation is 1. The molecule has 0 spiro atoms. The minimum absolute atomic E-state index is 0.630. The average Bonchev–Trinajstić information content (AvgIpc) is 3.19. The van der Waals surface area contributed by atoms with Crippen LogP contribution < -0.4 is 0 Å². The molecule has 0 saturated carbocycles. The largest absolute Gasteiger partial charge is 0.490 e. The van der Waals surface area contributed by atoms with E-state index in [0.717, 1.165) is 38.5 Å². The van der Waals surface area contributed by atoms with E-state index in [1.54, 1.807) is 11.3 Å². The van der Waals surface area contributed by atoms with Gasteiger partial charge in [0.25, 0.3) is 0 Å². The standard InChI is InChI=1S/C15H21N3OS.C2HF3O2/c1-2-19-10-14-15-9-17(8-13-4-7-20-11-13)5-3-6-18(15)12-16-14;3-2(4,5)1(6)7/h4,7,11-12H,2-3,5-6,8-10H2,1H3;(H,6,7). The summed E-state index contributed by atoms with van der Waals surface area (Å²) < 4.78 is 39.6. The van der Waals surface area contributed by atoms with E-state index in [1.165, 1.54) is 17.7 Å². The zero-order valence-corrected chi connectivity index (χ0v) is 15.7. The fourth-order valence-electron chi connectivity index (χ4n) is 2.67. The smallest absolute Gasteiger partial charge is 0.475 e. The molecule has 3 heterocycles. The Balaban J connectivity index is 0.000000321. The number of imidazole rings is 1. The molecule has 0 fully saturated rings. The van der Waals surface area contributed by atoms with Crippen LogP contribution in [0.25, 0.3) is 0 Å². The Morgan fingerprint density at radius 1 is 1.41 bits per heavy atom. The maximum atomic E-state index is 10.6. The molecule has 3 rings (SSSR count). The molecule has 27 heavy (non-hydrogen) atoms. The first-order valence-electron chi connectivity index (χ1n) is 8.45. The number of thiophene rings is 1. The number of aromatic nitrogens is 2. The molecule has 1 aliphatic heterocycles. The molecule has 0 unspecified atom stereocenters. The molecule has 0 saturated heterocycles. The van der Waals surface area contributed by atoms with E-state index >= 15 is 0 Å². The summed E-state index contributed by atoms with van der Waals surface area (Å²) >= 11 is 1.77. The van der Waals surface area contributed by atoms with Gasteiger partial charge in [0.2, 0.25) is 0 Å². The number of halogens is 3. The van der Waals surface area contributed by atoms with Crippen LogP contribution in [0.5, 0.6) is 0 Å². The first-order chi connectivity index (χ1) is 12.8. The highest BCUT2D eigenvalue weighted by molar-refractivity contribution is 7.07. The van der Waals surface area contributed by atoms with Gasteiger partial charge in [-0.3, -0.25) is 4.90 Å². The number of carboxylic acid groups (broad SMARTS) is 1. The quantitative estimate of drug-likeness (QED) is 0.825. The number of aliphatic carboxylic acids is 1. The second kappa shape index (κ2) is 9.86. The zero-order valence-electron chi connectivity index (χ0n) is 14.9. The Bertz CT molecular complexity index is 717. The molecule has 2 aromatic heterocycles. The van der Waals surface area contributed by atoms with Crippen LogP contribution in [0.4, 0.5) is 13.2 Å². The summed E-state index contributed by atoms with van der Waals surface area (Å²) in [7, 11) is 0. The summed E-state index contributed by atoms with van der Waals surface area (Å²) in [5, 5.41) is 11.5. The molecule has 0 atom stereocenters. The van der Waals surface area contributed by atoms with E-state index in [0.29, 0.717) is 6.61 Å². The van der Waals surface area contributed by atoms with E-state index in [4.69, 9.17) is 14.6 Å². The fraction of sp³-hybridized carbons (Fsp3) is 0.529. The molecule has 0 aliphatic carbocycles. The van der Waals surface area contributed by atoms with Crippen molar-refractivity contribution in [1.29, 1.82) is 0 Å². The normalized spacial score (nSPS) is 14.8. The van der Waals surface area contributed by atoms with Crippen molar-refractivity contribution in [3.63, 3.8) is 0 Å². The number of nitrogens with zero attached hydrogens (tertiary/aromatic N) is 3. The highest BCUT2D eigenvalue weighted by atomic mass is 32.1. The highest BCUT2D eigenvalue weighted by Gasteiger charge is 2.38. The molecule has 10 heteroatoms. The van der Waals surface area contributed by atoms with Crippen molar-refractivity contribution in [1.82, 2.24) is 14.5 Å². The molecule has 0 amide bonds. The number of ether oxygens (including phenoxy) is 1. The summed E-state index contributed by atoms with van der Waals surface area (Å²) in [4.78, 5) is 15.9. The Hall–Kier alpha value is -1.91. The molecule has 1 aliphatic rings. The van der Waals surface area contributed by atoms with Crippen molar-refractivity contribution in [3.8, 4) is 0 Å². The lowest BCUT2D eigenvalue weighted by Crippen LogP contribution is -2.23. The molecule has 150 valence electrons. The summed E-state index contributed by atoms with van der Waals surface area (Å²) in [6.45, 7) is 7.61. The van der Waals surface area contributed by atoms with Crippen LogP contribution >= 0.6 is 11.3 Å². The third-order valence-corrected chi connectivity index (χ3v) is 4.68. The van der Waals surface area contributed by atoms with Gasteiger partial charge in [0.15, 0.2) is 0 Å². The average molecular weight is 405 g/mol. The molecular formula is C17H22F3N3O3S. The Morgan fingerprint density at radius 3 is 2.74 bits per heavy atom. The summed E-state index contributed by atoms with van der Waals surface area (Å²) in [5.41, 5.74) is 3.84. The van der Waals surface area contributed by atoms with E-state index in [1.807, 2.05) is 13.3 Å². The van der Waals surface area contributed by atoms with Gasteiger partial charge in [-0.05, 0) is 35.7 Å². The number of hydrogen-bond donors (Lipinski definition) is 1. The van der Waals surface area contributed by atoms with Crippen molar-refractivity contribution in [2.45, 2.75) is 45.8 Å². The summed E-state index contributed by atoms with van der Waals surface area (Å²) in [6.07, 6.45) is -1.93. The zero-order chi connectivity index (χ0) is 19.9. The van der Waals surface area contributed by atoms with Gasteiger partial charge in [-0.2, -0.15) is 24.5 Å². The molecule has 0 radical (unpaired) electrons. The van der Waals surface area contributed by atoms with Crippen LogP contribution in [0.1, 0.15) is 30.3 Å². The SMILES string of the molecule is CCOCc1ncn2c1CN(Cc1ccsc1)CCC2.O=C(O)C(F)(F)F. The van der Waals surface area contributed by atoms with Gasteiger partial charge in [0.1, 0.15) is 0 Å². The van der Waals surface area contributed by atoms with Gasteiger partial charge < -0.3 is 14.4 Å². The lowest BCUT2D eigenvalue weighted by Gasteiger charge is -2.19. The Labute approximate surface area is 159 Å². The van der Waals surface area contributed by atoms with Crippen LogP contribution in [0.3, 0.4) is 0 Å². The monoisotopic (exact) mass is 405 g/mol. The highest BCUT2D eigenvalue weighted by Crippen LogP contribution is 2.19. The van der Waals surface area contributed by atoms with Gasteiger partial charge in [0, 0.05) is 32.8 Å². The minimum atomic E-state index is -5.08. The second-order valence-electron chi connectivity index (χ2n) is 5.97. The lowest BCUT2D eigenvalue weighted by atomic mass is 10.2. The lowest BCUT2D eigenvalue weighted by molar-refractivity contribution is -0.192. The van der Waals surface area contributed by atoms with Gasteiger partial charge in [-0.25, -0.2) is 9.78 Å². The van der Waals surface area contributed by atoms with Crippen molar-refractivity contribution in [2.75, 3.05) is 13.2 Å². The summed E-state index contributed by atoms with van der Waals surface area (Å²) in [6, 6.07) is 2.22. The molecule has 6 nitrogen and oxygen atoms in total. The third-order valence-electron chi connectivity index (χ3n) is 3.95. The molecule has 1 N–H and O–H groups in total. The number of rotatable bonds is 5. The predicted molar refractivity (Wildman–Crippen MR) is 94.3 cm³/mol. The van der Waals surface area contributed by atoms with E-state index in [2.05, 4.69) is 31.3 Å². The number of alkyl halides is 3. The molecule has 0 bridgehead atoms. The fourth-order valence-corrected chi connectivity index (χ4v) is 3.33. The van der Waals surface area contributed by atoms with Crippen molar-refractivity contribution < 1.29 is 27.8 Å². The van der Waals surface area contributed by atoms with Gasteiger partial charge in [-0.1, -0.05) is 0 Å². The van der Waals surface area contributed by atoms with Gasteiger partial charge in [0.05, 0.1) is 24.3 Å². The van der Waals surface area contributed by atoms with E-state index in [-0.39, 0.29) is 0 Å². The van der Waals surface area contributed by atoms with Crippen LogP contribution in [0, 0.1) is 0 Å². The Kier molecular flexibility index (Phi) is 7.81. The van der Waals surface area contributed by atoms with Crippen LogP contribution in [-0.4, -0.2) is 44.9 Å². The number of carbonyl (C=O) groups is 1. The van der Waals surface area contributed by atoms with Crippen molar-refractivity contribution in [2.24, 2.45) is 0 Å². The second-order valence-corrected chi connectivity index (χ2v) is 6.75. The maximum Gasteiger partial charge on any atom is 0.490 e. The predicted octanol–water partition coefficient (Wildman–Crippen LogP) is 3.52. The minimum Gasteiger partial charge on any atom is -0.475 e. The Morgan fingerprint density at radius 2 is 2.15 bits per heavy atom. The first kappa shape index (κ1) is 21.4. The maximum absolute atomic E-state index is 10.6. The van der Waals surface area contributed by atoms with Crippen LogP contribution in [-0.2, 0) is 35.8 Å². The molecule has 2 aromatic rings. The van der Waals surface area contributed by atoms with Crippen LogP contribution in [0.2, 0.25) is 0 Å². The van der Waals surface area contributed by atoms with Crippen LogP contribution in [0.15, 0.2) is 23.2 Å². The summed E-state index contributed by atoms with van der Waals surface area (Å²) in [5.74, 6) is -2.76. The molecular weight excluding hydrogens is 383 g/mol. The topological polar surface area (TPSA) is 67.6 Å². The van der Waals surface area contributed by atoms with Crippen molar-refractivity contribution >= 4 is 17.3 Å². The number of carboxylic acids is 1. The van der Waals surface area contributed by atoms with Gasteiger partial charge in [-0.15, -0.1) is 0 Å². The van der Waals surface area contributed by atoms with E-state index in [9.17, 15) is 13.2 Å². The number of hydrogen-bond acceptors (Lipinski definition) is 5. The number of fused-ring (bicyclic) bond motifs is 1. The van der Waals surface area contributed by atoms with Crippen molar-refractivity contribution in [3.05, 3.63) is 40.1 Å². The first-order valence-corrected chi connectivity index (χ1v) is 9.39. The molecule has 0 aromatic carbocycles. The van der Waals surface area contributed by atoms with E-state index < -0.39 is 12.1 Å².